The molecule has 0 amide bonds. The molecule has 0 radical (unpaired) electrons. The number of benzene rings is 1. The van der Waals surface area contributed by atoms with E-state index in [-0.39, 0.29) is 5.02 Å². The molecule has 0 aliphatic carbocycles. The Morgan fingerprint density at radius 2 is 2.29 bits per heavy atom. The summed E-state index contributed by atoms with van der Waals surface area (Å²) >= 11 is 7.10. The molecule has 0 aliphatic heterocycles. The van der Waals surface area contributed by atoms with E-state index >= 15 is 0 Å². The van der Waals surface area contributed by atoms with E-state index in [0.29, 0.717) is 12.2 Å². The van der Waals surface area contributed by atoms with E-state index in [1.54, 1.807) is 17.8 Å². The van der Waals surface area contributed by atoms with Crippen LogP contribution in [0.2, 0.25) is 5.02 Å². The smallest absolute Gasteiger partial charge is 0.142 e. The fraction of sp³-hybridized carbons (Fsp3) is 0.400. The molecule has 1 unspecified atom stereocenters. The lowest BCUT2D eigenvalue weighted by atomic mass is 10.1. The van der Waals surface area contributed by atoms with Gasteiger partial charge in [-0.3, -0.25) is 0 Å². The maximum Gasteiger partial charge on any atom is 0.142 e. The second-order valence-electron chi connectivity index (χ2n) is 3.06. The van der Waals surface area contributed by atoms with Gasteiger partial charge in [0.25, 0.3) is 0 Å². The molecule has 78 valence electrons. The molecule has 0 saturated heterocycles. The first-order chi connectivity index (χ1) is 6.63. The summed E-state index contributed by atoms with van der Waals surface area (Å²) in [6, 6.07) is 4.61. The molecular weight excluding hydrogens is 223 g/mol. The molecule has 0 bridgehead atoms. The largest absolute Gasteiger partial charge is 0.392 e. The summed E-state index contributed by atoms with van der Waals surface area (Å²) in [5, 5.41) is 9.61. The molecule has 4 heteroatoms. The van der Waals surface area contributed by atoms with Gasteiger partial charge in [-0.05, 0) is 30.4 Å². The third-order valence-corrected chi connectivity index (χ3v) is 2.84. The van der Waals surface area contributed by atoms with Crippen LogP contribution < -0.4 is 0 Å². The van der Waals surface area contributed by atoms with Crippen molar-refractivity contribution in [3.63, 3.8) is 0 Å². The van der Waals surface area contributed by atoms with Gasteiger partial charge in [-0.15, -0.1) is 0 Å². The van der Waals surface area contributed by atoms with Crippen molar-refractivity contribution in [1.29, 1.82) is 0 Å². The zero-order valence-corrected chi connectivity index (χ0v) is 9.41. The van der Waals surface area contributed by atoms with Crippen molar-refractivity contribution < 1.29 is 9.50 Å². The van der Waals surface area contributed by atoms with Crippen LogP contribution in [0.1, 0.15) is 5.56 Å². The summed E-state index contributed by atoms with van der Waals surface area (Å²) in [4.78, 5) is 0. The summed E-state index contributed by atoms with van der Waals surface area (Å²) in [5.41, 5.74) is 0.772. The Hall–Kier alpha value is -0.250. The van der Waals surface area contributed by atoms with Crippen molar-refractivity contribution in [3.05, 3.63) is 34.6 Å². The zero-order valence-electron chi connectivity index (χ0n) is 7.84. The van der Waals surface area contributed by atoms with Gasteiger partial charge in [-0.2, -0.15) is 11.8 Å². The minimum Gasteiger partial charge on any atom is -0.392 e. The molecule has 14 heavy (non-hydrogen) atoms. The highest BCUT2D eigenvalue weighted by Gasteiger charge is 2.06. The Kier molecular flexibility index (Phi) is 4.72. The van der Waals surface area contributed by atoms with Gasteiger partial charge in [0.05, 0.1) is 11.1 Å². The lowest BCUT2D eigenvalue weighted by Gasteiger charge is -2.08. The first-order valence-corrected chi connectivity index (χ1v) is 6.01. The number of halogens is 2. The topological polar surface area (TPSA) is 20.2 Å². The molecule has 1 atom stereocenters. The van der Waals surface area contributed by atoms with Crippen molar-refractivity contribution in [2.24, 2.45) is 0 Å². The van der Waals surface area contributed by atoms with Crippen LogP contribution in [-0.2, 0) is 6.42 Å². The standard InChI is InChI=1S/C10H12ClFOS/c1-14-6-8(13)4-7-2-3-9(11)10(12)5-7/h2-3,5,8,13H,4,6H2,1H3. The van der Waals surface area contributed by atoms with Crippen LogP contribution in [0.25, 0.3) is 0 Å². The highest BCUT2D eigenvalue weighted by atomic mass is 35.5. The Balaban J connectivity index is 2.63. The van der Waals surface area contributed by atoms with Crippen LogP contribution in [0.4, 0.5) is 4.39 Å². The summed E-state index contributed by atoms with van der Waals surface area (Å²) in [7, 11) is 0. The molecule has 0 fully saturated rings. The minimum absolute atomic E-state index is 0.119. The van der Waals surface area contributed by atoms with Crippen LogP contribution in [0, 0.1) is 5.82 Å². The third kappa shape index (κ3) is 3.48. The molecular formula is C10H12ClFOS. The summed E-state index contributed by atoms with van der Waals surface area (Å²) in [5.74, 6) is 0.227. The number of hydrogen-bond donors (Lipinski definition) is 1. The Bertz CT molecular complexity index is 306. The van der Waals surface area contributed by atoms with E-state index in [9.17, 15) is 9.50 Å². The molecule has 1 rings (SSSR count). The van der Waals surface area contributed by atoms with Crippen molar-refractivity contribution in [1.82, 2.24) is 0 Å². The van der Waals surface area contributed by atoms with Crippen molar-refractivity contribution >= 4 is 23.4 Å². The van der Waals surface area contributed by atoms with Crippen LogP contribution in [0.15, 0.2) is 18.2 Å². The molecule has 1 N–H and O–H groups in total. The van der Waals surface area contributed by atoms with Gasteiger partial charge in [0.1, 0.15) is 5.82 Å². The Morgan fingerprint density at radius 1 is 1.57 bits per heavy atom. The van der Waals surface area contributed by atoms with Gasteiger partial charge in [-0.25, -0.2) is 4.39 Å². The molecule has 0 aliphatic rings. The van der Waals surface area contributed by atoms with Crippen LogP contribution in [-0.4, -0.2) is 23.2 Å². The van der Waals surface area contributed by atoms with Crippen LogP contribution in [0.3, 0.4) is 0 Å². The zero-order chi connectivity index (χ0) is 10.6. The van der Waals surface area contributed by atoms with Gasteiger partial charge in [0.2, 0.25) is 0 Å². The van der Waals surface area contributed by atoms with Gasteiger partial charge >= 0.3 is 0 Å². The number of aliphatic hydroxyl groups is 1. The first kappa shape index (κ1) is 11.8. The highest BCUT2D eigenvalue weighted by molar-refractivity contribution is 7.98. The van der Waals surface area contributed by atoms with E-state index in [2.05, 4.69) is 0 Å². The predicted octanol–water partition coefficient (Wildman–Crippen LogP) is 2.75. The van der Waals surface area contributed by atoms with E-state index < -0.39 is 11.9 Å². The minimum atomic E-state index is -0.430. The van der Waals surface area contributed by atoms with Gasteiger partial charge < -0.3 is 5.11 Å². The number of thioether (sulfide) groups is 1. The van der Waals surface area contributed by atoms with Crippen LogP contribution >= 0.6 is 23.4 Å². The summed E-state index contributed by atoms with van der Waals surface area (Å²) in [6.07, 6.45) is 1.96. The second-order valence-corrected chi connectivity index (χ2v) is 4.38. The van der Waals surface area contributed by atoms with Crippen LogP contribution in [0.5, 0.6) is 0 Å². The van der Waals surface area contributed by atoms with E-state index in [4.69, 9.17) is 11.6 Å². The quantitative estimate of drug-likeness (QED) is 0.865. The van der Waals surface area contributed by atoms with Gasteiger partial charge in [-0.1, -0.05) is 17.7 Å². The van der Waals surface area contributed by atoms with E-state index in [1.165, 1.54) is 12.1 Å². The van der Waals surface area contributed by atoms with Crippen molar-refractivity contribution in [2.45, 2.75) is 12.5 Å². The molecule has 1 aromatic carbocycles. The number of hydrogen-bond acceptors (Lipinski definition) is 2. The maximum atomic E-state index is 13.0. The average Bonchev–Trinajstić information content (AvgIpc) is 2.12. The SMILES string of the molecule is CSCC(O)Cc1ccc(Cl)c(F)c1. The normalized spacial score (nSPS) is 12.9. The van der Waals surface area contributed by atoms with Gasteiger partial charge in [0.15, 0.2) is 0 Å². The monoisotopic (exact) mass is 234 g/mol. The van der Waals surface area contributed by atoms with Crippen molar-refractivity contribution in [2.75, 3.05) is 12.0 Å². The van der Waals surface area contributed by atoms with E-state index in [0.717, 1.165) is 5.56 Å². The third-order valence-electron chi connectivity index (χ3n) is 1.81. The molecule has 0 aromatic heterocycles. The van der Waals surface area contributed by atoms with E-state index in [1.807, 2.05) is 6.26 Å². The fourth-order valence-corrected chi connectivity index (χ4v) is 1.81. The van der Waals surface area contributed by atoms with Crippen molar-refractivity contribution in [3.8, 4) is 0 Å². The van der Waals surface area contributed by atoms with Gasteiger partial charge in [0, 0.05) is 5.75 Å². The number of aliphatic hydroxyl groups excluding tert-OH is 1. The number of rotatable bonds is 4. The Morgan fingerprint density at radius 3 is 2.86 bits per heavy atom. The lowest BCUT2D eigenvalue weighted by Crippen LogP contribution is -2.13. The molecule has 1 nitrogen and oxygen atoms in total. The molecule has 0 saturated carbocycles. The highest BCUT2D eigenvalue weighted by Crippen LogP contribution is 2.17. The predicted molar refractivity (Wildman–Crippen MR) is 59.5 cm³/mol. The molecule has 0 spiro atoms. The molecule has 1 aromatic rings. The first-order valence-electron chi connectivity index (χ1n) is 4.24. The fourth-order valence-electron chi connectivity index (χ4n) is 1.19. The summed E-state index contributed by atoms with van der Waals surface area (Å²) in [6.45, 7) is 0. The second kappa shape index (κ2) is 5.59. The Labute approximate surface area is 92.3 Å². The average molecular weight is 235 g/mol. The molecule has 0 heterocycles. The maximum absolute atomic E-state index is 13.0. The summed E-state index contributed by atoms with van der Waals surface area (Å²) < 4.78 is 13.0. The lowest BCUT2D eigenvalue weighted by molar-refractivity contribution is 0.200.